The first kappa shape index (κ1) is 27.0. The topological polar surface area (TPSA) is 133 Å². The lowest BCUT2D eigenvalue weighted by Crippen LogP contribution is -2.31. The Morgan fingerprint density at radius 3 is 2.42 bits per heavy atom. The number of hydrogen-bond acceptors (Lipinski definition) is 7. The van der Waals surface area contributed by atoms with E-state index in [4.69, 9.17) is 9.47 Å². The molecule has 0 aliphatic heterocycles. The minimum atomic E-state index is -1.33. The number of aromatic nitrogens is 1. The summed E-state index contributed by atoms with van der Waals surface area (Å²) in [5.74, 6) is 1.10. The van der Waals surface area contributed by atoms with Crippen LogP contribution in [0.3, 0.4) is 0 Å². The van der Waals surface area contributed by atoms with Gasteiger partial charge in [-0.15, -0.1) is 0 Å². The van der Waals surface area contributed by atoms with Gasteiger partial charge in [0.25, 0.3) is 11.5 Å². The average molecular weight is 498 g/mol. The van der Waals surface area contributed by atoms with Crippen molar-refractivity contribution in [1.29, 1.82) is 0 Å². The molecular formula is C27H35N3O6. The monoisotopic (exact) mass is 497 g/mol. The molecule has 9 nitrogen and oxygen atoms in total. The average Bonchev–Trinajstić information content (AvgIpc) is 2.85. The Labute approximate surface area is 210 Å². The summed E-state index contributed by atoms with van der Waals surface area (Å²) in [4.78, 5) is 28.2. The van der Waals surface area contributed by atoms with E-state index in [2.05, 4.69) is 29.5 Å². The van der Waals surface area contributed by atoms with Crippen molar-refractivity contribution < 1.29 is 24.5 Å². The highest BCUT2D eigenvalue weighted by molar-refractivity contribution is 5.95. The molecule has 3 rings (SSSR count). The van der Waals surface area contributed by atoms with Crippen molar-refractivity contribution in [2.45, 2.75) is 33.4 Å². The molecule has 2 atom stereocenters. The maximum atomic E-state index is 12.7. The molecule has 0 aliphatic rings. The number of carbonyl (C=O) groups excluding carboxylic acids is 1. The fourth-order valence-electron chi connectivity index (χ4n) is 4.13. The molecule has 2 unspecified atom stereocenters. The summed E-state index contributed by atoms with van der Waals surface area (Å²) in [6.07, 6.45) is -0.518. The zero-order chi connectivity index (χ0) is 26.4. The van der Waals surface area contributed by atoms with Crippen molar-refractivity contribution in [3.05, 3.63) is 63.4 Å². The Kier molecular flexibility index (Phi) is 8.95. The highest BCUT2D eigenvalue weighted by Crippen LogP contribution is 2.32. The molecule has 0 spiro atoms. The molecule has 0 saturated carbocycles. The Bertz CT molecular complexity index is 1270. The van der Waals surface area contributed by atoms with E-state index < -0.39 is 11.8 Å². The number of aliphatic hydroxyl groups is 2. The number of hydrogen-bond donors (Lipinski definition) is 5. The molecule has 2 aromatic carbocycles. The third-order valence-corrected chi connectivity index (χ3v) is 6.08. The summed E-state index contributed by atoms with van der Waals surface area (Å²) in [7, 11) is 3.03. The number of ether oxygens (including phenoxy) is 2. The van der Waals surface area contributed by atoms with Gasteiger partial charge in [-0.1, -0.05) is 19.9 Å². The van der Waals surface area contributed by atoms with E-state index in [1.165, 1.54) is 14.2 Å². The molecule has 0 radical (unpaired) electrons. The third kappa shape index (κ3) is 6.35. The van der Waals surface area contributed by atoms with Crippen molar-refractivity contribution in [3.63, 3.8) is 0 Å². The molecule has 1 heterocycles. The largest absolute Gasteiger partial charge is 0.493 e. The van der Waals surface area contributed by atoms with Crippen molar-refractivity contribution in [3.8, 4) is 11.5 Å². The Morgan fingerprint density at radius 1 is 1.08 bits per heavy atom. The van der Waals surface area contributed by atoms with Crippen LogP contribution in [0.5, 0.6) is 11.5 Å². The standard InChI is InChI=1S/C27H35N3O6/c1-15(2)8-17(14-31)13-28-25(32)18-7-6-16(3)21(10-18)29-26(33)20-9-19-11-23(35-4)24(36-5)12-22(19)30-27(20)34/h6-7,9-12,15,17,26,29,31,33H,8,13-14H2,1-5H3,(H,28,32)(H,30,34). The number of nitrogens with one attached hydrogen (secondary N) is 3. The molecule has 0 saturated heterocycles. The van der Waals surface area contributed by atoms with Gasteiger partial charge in [0, 0.05) is 35.9 Å². The minimum Gasteiger partial charge on any atom is -0.493 e. The van der Waals surface area contributed by atoms with Crippen molar-refractivity contribution in [1.82, 2.24) is 10.3 Å². The van der Waals surface area contributed by atoms with E-state index in [1.807, 2.05) is 6.92 Å². The number of rotatable bonds is 11. The van der Waals surface area contributed by atoms with Gasteiger partial charge in [-0.05, 0) is 55.0 Å². The number of H-pyrrole nitrogens is 1. The number of benzene rings is 2. The van der Waals surface area contributed by atoms with Crippen molar-refractivity contribution in [2.75, 3.05) is 32.7 Å². The molecule has 3 aromatic rings. The van der Waals surface area contributed by atoms with E-state index >= 15 is 0 Å². The Balaban J connectivity index is 1.81. The summed E-state index contributed by atoms with van der Waals surface area (Å²) in [5.41, 5.74) is 1.91. The number of anilines is 1. The molecule has 5 N–H and O–H groups in total. The smallest absolute Gasteiger partial charge is 0.256 e. The van der Waals surface area contributed by atoms with E-state index in [0.717, 1.165) is 12.0 Å². The molecule has 194 valence electrons. The Hall–Kier alpha value is -3.56. The lowest BCUT2D eigenvalue weighted by Gasteiger charge is -2.19. The van der Waals surface area contributed by atoms with Crippen LogP contribution in [-0.2, 0) is 0 Å². The fourth-order valence-corrected chi connectivity index (χ4v) is 4.13. The zero-order valence-corrected chi connectivity index (χ0v) is 21.3. The summed E-state index contributed by atoms with van der Waals surface area (Å²) in [6, 6.07) is 10.1. The molecule has 0 fully saturated rings. The first-order valence-corrected chi connectivity index (χ1v) is 11.9. The number of aryl methyl sites for hydroxylation is 1. The number of methoxy groups -OCH3 is 2. The lowest BCUT2D eigenvalue weighted by molar-refractivity contribution is 0.0936. The molecule has 0 bridgehead atoms. The summed E-state index contributed by atoms with van der Waals surface area (Å²) < 4.78 is 10.6. The second-order valence-electron chi connectivity index (χ2n) is 9.31. The van der Waals surface area contributed by atoms with Gasteiger partial charge in [-0.2, -0.15) is 0 Å². The van der Waals surface area contributed by atoms with Gasteiger partial charge in [0.1, 0.15) is 0 Å². The van der Waals surface area contributed by atoms with Gasteiger partial charge < -0.3 is 35.3 Å². The molecule has 9 heteroatoms. The molecular weight excluding hydrogens is 462 g/mol. The number of carbonyl (C=O) groups is 1. The number of amides is 1. The highest BCUT2D eigenvalue weighted by Gasteiger charge is 2.18. The number of fused-ring (bicyclic) bond motifs is 1. The molecule has 1 aromatic heterocycles. The maximum absolute atomic E-state index is 12.7. The first-order chi connectivity index (χ1) is 17.2. The van der Waals surface area contributed by atoms with Gasteiger partial charge in [-0.25, -0.2) is 0 Å². The molecule has 36 heavy (non-hydrogen) atoms. The lowest BCUT2D eigenvalue weighted by atomic mass is 9.98. The van der Waals surface area contributed by atoms with Crippen LogP contribution >= 0.6 is 0 Å². The number of aromatic amines is 1. The quantitative estimate of drug-likeness (QED) is 0.257. The predicted octanol–water partition coefficient (Wildman–Crippen LogP) is 3.34. The fraction of sp³-hybridized carbons (Fsp3) is 0.407. The summed E-state index contributed by atoms with van der Waals surface area (Å²) >= 11 is 0. The van der Waals surface area contributed by atoms with Crippen LogP contribution in [0.2, 0.25) is 0 Å². The van der Waals surface area contributed by atoms with Crippen LogP contribution < -0.4 is 25.7 Å². The first-order valence-electron chi connectivity index (χ1n) is 11.9. The van der Waals surface area contributed by atoms with Gasteiger partial charge in [0.15, 0.2) is 17.7 Å². The molecule has 0 aliphatic carbocycles. The van der Waals surface area contributed by atoms with Crippen LogP contribution in [0.4, 0.5) is 5.69 Å². The minimum absolute atomic E-state index is 0.00428. The van der Waals surface area contributed by atoms with Gasteiger partial charge >= 0.3 is 0 Å². The van der Waals surface area contributed by atoms with E-state index in [9.17, 15) is 19.8 Å². The van der Waals surface area contributed by atoms with Crippen LogP contribution in [0.25, 0.3) is 10.9 Å². The normalized spacial score (nSPS) is 12.9. The zero-order valence-electron chi connectivity index (χ0n) is 21.3. The second-order valence-corrected chi connectivity index (χ2v) is 9.31. The van der Waals surface area contributed by atoms with Crippen LogP contribution in [-0.4, -0.2) is 48.5 Å². The van der Waals surface area contributed by atoms with Crippen LogP contribution in [0, 0.1) is 18.8 Å². The van der Waals surface area contributed by atoms with Gasteiger partial charge in [0.05, 0.1) is 25.3 Å². The van der Waals surface area contributed by atoms with Crippen LogP contribution in [0.15, 0.2) is 41.2 Å². The Morgan fingerprint density at radius 2 is 1.78 bits per heavy atom. The highest BCUT2D eigenvalue weighted by atomic mass is 16.5. The van der Waals surface area contributed by atoms with E-state index in [0.29, 0.717) is 46.1 Å². The summed E-state index contributed by atoms with van der Waals surface area (Å²) in [6.45, 7) is 6.35. The van der Waals surface area contributed by atoms with Crippen molar-refractivity contribution in [2.24, 2.45) is 11.8 Å². The van der Waals surface area contributed by atoms with Crippen LogP contribution in [0.1, 0.15) is 48.0 Å². The summed E-state index contributed by atoms with van der Waals surface area (Å²) in [5, 5.41) is 26.9. The van der Waals surface area contributed by atoms with E-state index in [1.54, 1.807) is 36.4 Å². The number of aliphatic hydroxyl groups excluding tert-OH is 2. The van der Waals surface area contributed by atoms with Crippen molar-refractivity contribution >= 4 is 22.5 Å². The molecule has 1 amide bonds. The maximum Gasteiger partial charge on any atom is 0.256 e. The SMILES string of the molecule is COc1cc2cc(C(O)Nc3cc(C(=O)NCC(CO)CC(C)C)ccc3C)c(=O)[nH]c2cc1OC. The number of pyridine rings is 1. The van der Waals surface area contributed by atoms with Gasteiger partial charge in [-0.3, -0.25) is 9.59 Å². The second kappa shape index (κ2) is 11.9. The third-order valence-electron chi connectivity index (χ3n) is 6.08. The van der Waals surface area contributed by atoms with E-state index in [-0.39, 0.29) is 24.0 Å². The predicted molar refractivity (Wildman–Crippen MR) is 140 cm³/mol. The van der Waals surface area contributed by atoms with Gasteiger partial charge in [0.2, 0.25) is 0 Å².